The van der Waals surface area contributed by atoms with Crippen molar-refractivity contribution in [3.8, 4) is 0 Å². The molecule has 72 valence electrons. The molecular formula is C8H18N2O2. The van der Waals surface area contributed by atoms with Crippen LogP contribution >= 0.6 is 0 Å². The summed E-state index contributed by atoms with van der Waals surface area (Å²) in [7, 11) is 0. The highest BCUT2D eigenvalue weighted by atomic mass is 16.6. The van der Waals surface area contributed by atoms with E-state index >= 15 is 0 Å². The van der Waals surface area contributed by atoms with Crippen molar-refractivity contribution in [2.45, 2.75) is 25.9 Å². The second-order valence-corrected chi connectivity index (χ2v) is 3.34. The number of nitrogens with zero attached hydrogens (tertiary/aromatic N) is 1. The number of morpholine rings is 1. The monoisotopic (exact) mass is 174 g/mol. The summed E-state index contributed by atoms with van der Waals surface area (Å²) in [5.74, 6) is 4.98. The van der Waals surface area contributed by atoms with E-state index in [2.05, 4.69) is 23.6 Å². The molecule has 12 heavy (non-hydrogen) atoms. The number of rotatable bonds is 3. The van der Waals surface area contributed by atoms with Crippen LogP contribution in [0.5, 0.6) is 0 Å². The minimum Gasteiger partial charge on any atom is -0.378 e. The van der Waals surface area contributed by atoms with Crippen LogP contribution in [0.1, 0.15) is 13.8 Å². The molecule has 0 amide bonds. The first-order valence-corrected chi connectivity index (χ1v) is 4.41. The van der Waals surface area contributed by atoms with Gasteiger partial charge in [-0.2, -0.15) is 0 Å². The SMILES string of the molecule is CC1COCC(C)N1CCON. The van der Waals surface area contributed by atoms with Gasteiger partial charge in [0.1, 0.15) is 0 Å². The van der Waals surface area contributed by atoms with Crippen LogP contribution in [0.15, 0.2) is 0 Å². The van der Waals surface area contributed by atoms with E-state index in [9.17, 15) is 0 Å². The van der Waals surface area contributed by atoms with Crippen molar-refractivity contribution in [2.24, 2.45) is 5.90 Å². The normalized spacial score (nSPS) is 32.2. The molecule has 0 saturated carbocycles. The van der Waals surface area contributed by atoms with Crippen LogP contribution in [0.25, 0.3) is 0 Å². The van der Waals surface area contributed by atoms with E-state index in [-0.39, 0.29) is 0 Å². The maximum atomic E-state index is 5.39. The zero-order chi connectivity index (χ0) is 8.97. The maximum Gasteiger partial charge on any atom is 0.0806 e. The van der Waals surface area contributed by atoms with Crippen molar-refractivity contribution in [1.29, 1.82) is 0 Å². The molecular weight excluding hydrogens is 156 g/mol. The lowest BCUT2D eigenvalue weighted by molar-refractivity contribution is -0.0474. The van der Waals surface area contributed by atoms with Gasteiger partial charge >= 0.3 is 0 Å². The summed E-state index contributed by atoms with van der Waals surface area (Å²) in [6, 6.07) is 0.952. The molecule has 4 heteroatoms. The first-order chi connectivity index (χ1) is 5.75. The molecule has 0 bridgehead atoms. The minimum absolute atomic E-state index is 0.476. The Balaban J connectivity index is 2.34. The van der Waals surface area contributed by atoms with Crippen LogP contribution in [0.3, 0.4) is 0 Å². The van der Waals surface area contributed by atoms with E-state index in [1.165, 1.54) is 0 Å². The second kappa shape index (κ2) is 4.77. The average molecular weight is 174 g/mol. The Morgan fingerprint density at radius 2 is 2.00 bits per heavy atom. The summed E-state index contributed by atoms with van der Waals surface area (Å²) >= 11 is 0. The highest BCUT2D eigenvalue weighted by Gasteiger charge is 2.24. The second-order valence-electron chi connectivity index (χ2n) is 3.34. The van der Waals surface area contributed by atoms with Gasteiger partial charge in [0.15, 0.2) is 0 Å². The first-order valence-electron chi connectivity index (χ1n) is 4.41. The van der Waals surface area contributed by atoms with Gasteiger partial charge in [0.25, 0.3) is 0 Å². The van der Waals surface area contributed by atoms with Gasteiger partial charge in [0, 0.05) is 18.6 Å². The summed E-state index contributed by atoms with van der Waals surface area (Å²) in [4.78, 5) is 6.92. The highest BCUT2D eigenvalue weighted by Crippen LogP contribution is 2.11. The predicted octanol–water partition coefficient (Wildman–Crippen LogP) is -0.0141. The molecule has 0 aromatic rings. The van der Waals surface area contributed by atoms with E-state index < -0.39 is 0 Å². The van der Waals surface area contributed by atoms with Crippen molar-refractivity contribution in [3.05, 3.63) is 0 Å². The number of hydrogen-bond donors (Lipinski definition) is 1. The lowest BCUT2D eigenvalue weighted by Gasteiger charge is -2.38. The van der Waals surface area contributed by atoms with Crippen molar-refractivity contribution in [3.63, 3.8) is 0 Å². The molecule has 0 aromatic heterocycles. The van der Waals surface area contributed by atoms with Crippen molar-refractivity contribution in [1.82, 2.24) is 4.90 Å². The third-order valence-corrected chi connectivity index (χ3v) is 2.32. The summed E-state index contributed by atoms with van der Waals surface area (Å²) in [5.41, 5.74) is 0. The largest absolute Gasteiger partial charge is 0.378 e. The van der Waals surface area contributed by atoms with Crippen molar-refractivity contribution >= 4 is 0 Å². The molecule has 2 N–H and O–H groups in total. The minimum atomic E-state index is 0.476. The Bertz CT molecular complexity index is 122. The van der Waals surface area contributed by atoms with E-state index in [1.54, 1.807) is 0 Å². The summed E-state index contributed by atoms with van der Waals surface area (Å²) in [6.45, 7) is 7.43. The Morgan fingerprint density at radius 1 is 1.42 bits per heavy atom. The van der Waals surface area contributed by atoms with Crippen LogP contribution in [0.2, 0.25) is 0 Å². The lowest BCUT2D eigenvalue weighted by Crippen LogP contribution is -2.50. The molecule has 1 saturated heterocycles. The molecule has 2 unspecified atom stereocenters. The van der Waals surface area contributed by atoms with Crippen LogP contribution in [-0.4, -0.2) is 43.3 Å². The molecule has 0 radical (unpaired) electrons. The van der Waals surface area contributed by atoms with Gasteiger partial charge in [-0.3, -0.25) is 4.90 Å². The van der Waals surface area contributed by atoms with Gasteiger partial charge in [-0.05, 0) is 13.8 Å². The van der Waals surface area contributed by atoms with E-state index in [1.807, 2.05) is 0 Å². The van der Waals surface area contributed by atoms with Gasteiger partial charge < -0.3 is 9.57 Å². The van der Waals surface area contributed by atoms with E-state index in [0.29, 0.717) is 18.7 Å². The van der Waals surface area contributed by atoms with E-state index in [4.69, 9.17) is 10.6 Å². The van der Waals surface area contributed by atoms with Gasteiger partial charge in [0.2, 0.25) is 0 Å². The molecule has 0 spiro atoms. The molecule has 1 fully saturated rings. The number of ether oxygens (including phenoxy) is 1. The molecule has 1 aliphatic rings. The van der Waals surface area contributed by atoms with Gasteiger partial charge in [-0.25, -0.2) is 5.90 Å². The fourth-order valence-corrected chi connectivity index (χ4v) is 1.63. The molecule has 1 heterocycles. The summed E-state index contributed by atoms with van der Waals surface area (Å²) in [6.07, 6.45) is 0. The zero-order valence-electron chi connectivity index (χ0n) is 7.82. The fraction of sp³-hybridized carbons (Fsp3) is 1.00. The van der Waals surface area contributed by atoms with E-state index in [0.717, 1.165) is 19.8 Å². The molecule has 2 atom stereocenters. The van der Waals surface area contributed by atoms with Crippen molar-refractivity contribution in [2.75, 3.05) is 26.4 Å². The Morgan fingerprint density at radius 3 is 2.50 bits per heavy atom. The molecule has 1 rings (SSSR count). The maximum absolute atomic E-state index is 5.39. The number of hydrogen-bond acceptors (Lipinski definition) is 4. The summed E-state index contributed by atoms with van der Waals surface area (Å²) < 4.78 is 5.39. The summed E-state index contributed by atoms with van der Waals surface area (Å²) in [5, 5.41) is 0. The molecule has 0 aromatic carbocycles. The van der Waals surface area contributed by atoms with Crippen LogP contribution in [0, 0.1) is 0 Å². The third-order valence-electron chi connectivity index (χ3n) is 2.32. The molecule has 1 aliphatic heterocycles. The Labute approximate surface area is 73.6 Å². The first kappa shape index (κ1) is 9.92. The van der Waals surface area contributed by atoms with Gasteiger partial charge in [-0.1, -0.05) is 0 Å². The van der Waals surface area contributed by atoms with Crippen molar-refractivity contribution < 1.29 is 9.57 Å². The quantitative estimate of drug-likeness (QED) is 0.611. The Hall–Kier alpha value is -0.160. The Kier molecular flexibility index (Phi) is 3.94. The smallest absolute Gasteiger partial charge is 0.0806 e. The standard InChI is InChI=1S/C8H18N2O2/c1-7-5-11-6-8(2)10(7)3-4-12-9/h7-8H,3-6,9H2,1-2H3. The van der Waals surface area contributed by atoms with Gasteiger partial charge in [-0.15, -0.1) is 0 Å². The lowest BCUT2D eigenvalue weighted by atomic mass is 10.2. The zero-order valence-corrected chi connectivity index (χ0v) is 7.82. The van der Waals surface area contributed by atoms with Crippen LogP contribution < -0.4 is 5.90 Å². The van der Waals surface area contributed by atoms with Crippen LogP contribution in [-0.2, 0) is 9.57 Å². The van der Waals surface area contributed by atoms with Crippen LogP contribution in [0.4, 0.5) is 0 Å². The molecule has 0 aliphatic carbocycles. The molecule has 4 nitrogen and oxygen atoms in total. The average Bonchev–Trinajstić information content (AvgIpc) is 2.04. The number of nitrogens with two attached hydrogens (primary N) is 1. The third kappa shape index (κ3) is 2.42. The predicted molar refractivity (Wildman–Crippen MR) is 46.6 cm³/mol. The van der Waals surface area contributed by atoms with Gasteiger partial charge in [0.05, 0.1) is 19.8 Å². The highest BCUT2D eigenvalue weighted by molar-refractivity contribution is 4.77. The fourth-order valence-electron chi connectivity index (χ4n) is 1.63. The topological polar surface area (TPSA) is 47.7 Å².